The van der Waals surface area contributed by atoms with Gasteiger partial charge >= 0.3 is 0 Å². The average molecular weight is 360 g/mol. The van der Waals surface area contributed by atoms with Gasteiger partial charge in [-0.1, -0.05) is 17.7 Å². The zero-order valence-electron chi connectivity index (χ0n) is 16.5. The van der Waals surface area contributed by atoms with Gasteiger partial charge in [0.15, 0.2) is 0 Å². The van der Waals surface area contributed by atoms with Crippen LogP contribution in [0.2, 0.25) is 0 Å². The molecule has 0 aliphatic carbocycles. The van der Waals surface area contributed by atoms with Crippen molar-refractivity contribution >= 4 is 11.8 Å². The third-order valence-electron chi connectivity index (χ3n) is 4.85. The van der Waals surface area contributed by atoms with Gasteiger partial charge in [-0.05, 0) is 58.6 Å². The van der Waals surface area contributed by atoms with Crippen LogP contribution >= 0.6 is 0 Å². The minimum absolute atomic E-state index is 0.00340. The largest absolute Gasteiger partial charge is 0.379 e. The van der Waals surface area contributed by atoms with Crippen LogP contribution < -0.4 is 5.32 Å². The van der Waals surface area contributed by atoms with Gasteiger partial charge in [0.2, 0.25) is 5.91 Å². The molecule has 0 unspecified atom stereocenters. The van der Waals surface area contributed by atoms with Crippen LogP contribution in [0, 0.1) is 19.8 Å². The highest BCUT2D eigenvalue weighted by Gasteiger charge is 2.28. The third kappa shape index (κ3) is 5.84. The zero-order valence-corrected chi connectivity index (χ0v) is 16.5. The number of ether oxygens (including phenoxy) is 1. The smallest absolute Gasteiger partial charge is 0.254 e. The summed E-state index contributed by atoms with van der Waals surface area (Å²) in [5.74, 6) is 0.188. The molecule has 144 valence electrons. The van der Waals surface area contributed by atoms with E-state index in [1.165, 1.54) is 0 Å². The molecule has 5 heteroatoms. The standard InChI is InChI=1S/C21H32N2O3/c1-15(2)26-13-5-10-22-20(24)18-8-11-23(12-9-18)21(25)19-14-16(3)6-7-17(19)4/h6-7,14-15,18H,5,8-13H2,1-4H3,(H,22,24). The highest BCUT2D eigenvalue weighted by atomic mass is 16.5. The first-order valence-electron chi connectivity index (χ1n) is 9.64. The van der Waals surface area contributed by atoms with Crippen LogP contribution in [0.5, 0.6) is 0 Å². The van der Waals surface area contributed by atoms with Crippen LogP contribution in [0.4, 0.5) is 0 Å². The second-order valence-electron chi connectivity index (χ2n) is 7.45. The van der Waals surface area contributed by atoms with E-state index in [2.05, 4.69) is 5.32 Å². The van der Waals surface area contributed by atoms with Crippen LogP contribution in [-0.2, 0) is 9.53 Å². The number of benzene rings is 1. The third-order valence-corrected chi connectivity index (χ3v) is 4.85. The van der Waals surface area contributed by atoms with Crippen molar-refractivity contribution in [3.8, 4) is 0 Å². The summed E-state index contributed by atoms with van der Waals surface area (Å²) in [5, 5.41) is 3.00. The number of carbonyl (C=O) groups is 2. The minimum Gasteiger partial charge on any atom is -0.379 e. The average Bonchev–Trinajstić information content (AvgIpc) is 2.62. The maximum absolute atomic E-state index is 12.8. The lowest BCUT2D eigenvalue weighted by Crippen LogP contribution is -2.43. The molecule has 0 atom stereocenters. The first-order valence-corrected chi connectivity index (χ1v) is 9.64. The van der Waals surface area contributed by atoms with Gasteiger partial charge in [0.25, 0.3) is 5.91 Å². The Kier molecular flexibility index (Phi) is 7.64. The van der Waals surface area contributed by atoms with Crippen molar-refractivity contribution in [3.05, 3.63) is 34.9 Å². The number of aryl methyl sites for hydroxylation is 2. The minimum atomic E-state index is 0.00340. The Morgan fingerprint density at radius 1 is 1.23 bits per heavy atom. The molecule has 1 aromatic carbocycles. The Balaban J connectivity index is 1.77. The number of amides is 2. The van der Waals surface area contributed by atoms with Crippen LogP contribution in [0.3, 0.4) is 0 Å². The topological polar surface area (TPSA) is 58.6 Å². The quantitative estimate of drug-likeness (QED) is 0.760. The summed E-state index contributed by atoms with van der Waals surface area (Å²) in [6, 6.07) is 5.97. The van der Waals surface area contributed by atoms with Crippen molar-refractivity contribution in [2.45, 2.75) is 53.1 Å². The Bertz CT molecular complexity index is 620. The molecule has 0 radical (unpaired) electrons. The van der Waals surface area contributed by atoms with Gasteiger partial charge in [-0.15, -0.1) is 0 Å². The lowest BCUT2D eigenvalue weighted by atomic mass is 9.94. The predicted molar refractivity (Wildman–Crippen MR) is 103 cm³/mol. The number of likely N-dealkylation sites (tertiary alicyclic amines) is 1. The fourth-order valence-corrected chi connectivity index (χ4v) is 3.23. The maximum atomic E-state index is 12.8. The maximum Gasteiger partial charge on any atom is 0.254 e. The van der Waals surface area contributed by atoms with Gasteiger partial charge in [0.05, 0.1) is 6.10 Å². The van der Waals surface area contributed by atoms with Gasteiger partial charge in [0.1, 0.15) is 0 Å². The van der Waals surface area contributed by atoms with E-state index >= 15 is 0 Å². The van der Waals surface area contributed by atoms with Crippen LogP contribution in [0.1, 0.15) is 54.6 Å². The molecule has 1 aliphatic rings. The molecular formula is C21H32N2O3. The van der Waals surface area contributed by atoms with Gasteiger partial charge in [-0.3, -0.25) is 9.59 Å². The van der Waals surface area contributed by atoms with Crippen molar-refractivity contribution < 1.29 is 14.3 Å². The molecule has 1 fully saturated rings. The van der Waals surface area contributed by atoms with Crippen molar-refractivity contribution in [1.82, 2.24) is 10.2 Å². The Hall–Kier alpha value is -1.88. The van der Waals surface area contributed by atoms with E-state index in [4.69, 9.17) is 4.74 Å². The van der Waals surface area contributed by atoms with E-state index in [0.717, 1.165) is 36.0 Å². The van der Waals surface area contributed by atoms with Crippen LogP contribution in [0.15, 0.2) is 18.2 Å². The first kappa shape index (κ1) is 20.4. The van der Waals surface area contributed by atoms with Gasteiger partial charge in [-0.25, -0.2) is 0 Å². The van der Waals surface area contributed by atoms with Crippen molar-refractivity contribution in [2.75, 3.05) is 26.2 Å². The van der Waals surface area contributed by atoms with Crippen molar-refractivity contribution in [3.63, 3.8) is 0 Å². The van der Waals surface area contributed by atoms with E-state index in [0.29, 0.717) is 26.2 Å². The van der Waals surface area contributed by atoms with Crippen molar-refractivity contribution in [1.29, 1.82) is 0 Å². The Morgan fingerprint density at radius 3 is 2.58 bits per heavy atom. The summed E-state index contributed by atoms with van der Waals surface area (Å²) >= 11 is 0. The molecule has 0 saturated carbocycles. The molecule has 2 amide bonds. The Labute approximate surface area is 157 Å². The summed E-state index contributed by atoms with van der Waals surface area (Å²) in [6.45, 7) is 10.6. The van der Waals surface area contributed by atoms with E-state index in [-0.39, 0.29) is 23.8 Å². The number of carbonyl (C=O) groups excluding carboxylic acids is 2. The molecule has 5 nitrogen and oxygen atoms in total. The summed E-state index contributed by atoms with van der Waals surface area (Å²) in [4.78, 5) is 26.9. The summed E-state index contributed by atoms with van der Waals surface area (Å²) < 4.78 is 5.47. The Morgan fingerprint density at radius 2 is 1.92 bits per heavy atom. The highest BCUT2D eigenvalue weighted by Crippen LogP contribution is 2.21. The fraction of sp³-hybridized carbons (Fsp3) is 0.619. The number of piperidine rings is 1. The molecule has 1 N–H and O–H groups in total. The van der Waals surface area contributed by atoms with Crippen LogP contribution in [-0.4, -0.2) is 49.1 Å². The SMILES string of the molecule is Cc1ccc(C)c(C(=O)N2CCC(C(=O)NCCCOC(C)C)CC2)c1. The van der Waals surface area contributed by atoms with Gasteiger partial charge in [0, 0.05) is 37.7 Å². The second-order valence-corrected chi connectivity index (χ2v) is 7.45. The lowest BCUT2D eigenvalue weighted by Gasteiger charge is -2.31. The molecule has 1 heterocycles. The molecule has 1 aromatic rings. The molecule has 0 aromatic heterocycles. The monoisotopic (exact) mass is 360 g/mol. The molecule has 0 spiro atoms. The molecule has 1 aliphatic heterocycles. The molecule has 2 rings (SSSR count). The van der Waals surface area contributed by atoms with Crippen molar-refractivity contribution in [2.24, 2.45) is 5.92 Å². The normalized spacial score (nSPS) is 15.3. The fourth-order valence-electron chi connectivity index (χ4n) is 3.23. The number of hydrogen-bond donors (Lipinski definition) is 1. The molecular weight excluding hydrogens is 328 g/mol. The molecule has 26 heavy (non-hydrogen) atoms. The molecule has 0 bridgehead atoms. The second kappa shape index (κ2) is 9.72. The number of rotatable bonds is 7. The number of nitrogens with zero attached hydrogens (tertiary/aromatic N) is 1. The predicted octanol–water partition coefficient (Wildman–Crippen LogP) is 3.09. The van der Waals surface area contributed by atoms with Crippen LogP contribution in [0.25, 0.3) is 0 Å². The zero-order chi connectivity index (χ0) is 19.1. The summed E-state index contributed by atoms with van der Waals surface area (Å²) in [6.07, 6.45) is 2.51. The van der Waals surface area contributed by atoms with E-state index in [1.807, 2.05) is 50.8 Å². The molecule has 1 saturated heterocycles. The first-order chi connectivity index (χ1) is 12.4. The summed E-state index contributed by atoms with van der Waals surface area (Å²) in [5.41, 5.74) is 2.87. The lowest BCUT2D eigenvalue weighted by molar-refractivity contribution is -0.126. The van der Waals surface area contributed by atoms with Gasteiger partial charge in [-0.2, -0.15) is 0 Å². The summed E-state index contributed by atoms with van der Waals surface area (Å²) in [7, 11) is 0. The van der Waals surface area contributed by atoms with Gasteiger partial charge < -0.3 is 15.0 Å². The highest BCUT2D eigenvalue weighted by molar-refractivity contribution is 5.96. The van der Waals surface area contributed by atoms with E-state index in [1.54, 1.807) is 0 Å². The van der Waals surface area contributed by atoms with E-state index < -0.39 is 0 Å². The van der Waals surface area contributed by atoms with E-state index in [9.17, 15) is 9.59 Å². The number of nitrogens with one attached hydrogen (secondary N) is 1. The number of hydrogen-bond acceptors (Lipinski definition) is 3.